The summed E-state index contributed by atoms with van der Waals surface area (Å²) in [6, 6.07) is 15.4. The molecule has 3 aromatic carbocycles. The molecule has 0 aliphatic rings. The van der Waals surface area contributed by atoms with Gasteiger partial charge in [-0.3, -0.25) is 4.79 Å². The SMILES string of the molecule is C=CCc1cc(C=Nn2c(CCCC)nc3ccc(Br)cc3c2=O)cc(OCC)c1OCc1ccc(Br)cc1Br. The molecule has 0 fully saturated rings. The monoisotopic (exact) mass is 729 g/mol. The van der Waals surface area contributed by atoms with Crippen molar-refractivity contribution in [3.8, 4) is 11.5 Å². The van der Waals surface area contributed by atoms with E-state index in [9.17, 15) is 4.79 Å². The van der Waals surface area contributed by atoms with Gasteiger partial charge in [-0.2, -0.15) is 9.78 Å². The number of unbranched alkanes of at least 4 members (excludes halogenated alkanes) is 1. The lowest BCUT2D eigenvalue weighted by Gasteiger charge is -2.17. The highest BCUT2D eigenvalue weighted by atomic mass is 79.9. The van der Waals surface area contributed by atoms with Gasteiger partial charge in [0.05, 0.1) is 23.7 Å². The average Bonchev–Trinajstić information content (AvgIpc) is 2.92. The number of allylic oxidation sites excluding steroid dienone is 1. The zero-order chi connectivity index (χ0) is 28.6. The lowest BCUT2D eigenvalue weighted by Crippen LogP contribution is -2.22. The minimum Gasteiger partial charge on any atom is -0.490 e. The van der Waals surface area contributed by atoms with Gasteiger partial charge < -0.3 is 9.47 Å². The van der Waals surface area contributed by atoms with Gasteiger partial charge in [0.1, 0.15) is 12.4 Å². The van der Waals surface area contributed by atoms with Crippen molar-refractivity contribution >= 4 is 64.9 Å². The predicted octanol–water partition coefficient (Wildman–Crippen LogP) is 8.62. The summed E-state index contributed by atoms with van der Waals surface area (Å²) in [5.74, 6) is 1.90. The normalized spacial score (nSPS) is 11.3. The van der Waals surface area contributed by atoms with Crippen LogP contribution >= 0.6 is 47.8 Å². The molecule has 208 valence electrons. The van der Waals surface area contributed by atoms with Crippen LogP contribution in [0.3, 0.4) is 0 Å². The largest absolute Gasteiger partial charge is 0.490 e. The number of fused-ring (bicyclic) bond motifs is 1. The second-order valence-corrected chi connectivity index (χ2v) is 11.8. The number of benzene rings is 3. The molecular formula is C31H30Br3N3O3. The Morgan fingerprint density at radius 3 is 2.50 bits per heavy atom. The highest BCUT2D eigenvalue weighted by Gasteiger charge is 2.15. The highest BCUT2D eigenvalue weighted by molar-refractivity contribution is 9.11. The molecule has 0 unspecified atom stereocenters. The number of nitrogens with zero attached hydrogens (tertiary/aromatic N) is 3. The molecule has 0 saturated carbocycles. The number of aryl methyl sites for hydroxylation is 1. The second kappa shape index (κ2) is 14.2. The number of aromatic nitrogens is 2. The molecule has 0 aliphatic heterocycles. The van der Waals surface area contributed by atoms with Crippen LogP contribution in [0.4, 0.5) is 0 Å². The summed E-state index contributed by atoms with van der Waals surface area (Å²) in [6.07, 6.45) is 6.62. The third kappa shape index (κ3) is 7.30. The molecule has 40 heavy (non-hydrogen) atoms. The van der Waals surface area contributed by atoms with E-state index in [0.717, 1.165) is 43.0 Å². The van der Waals surface area contributed by atoms with E-state index in [4.69, 9.17) is 14.5 Å². The Morgan fingerprint density at radius 1 is 1.00 bits per heavy atom. The average molecular weight is 732 g/mol. The Morgan fingerprint density at radius 2 is 1.77 bits per heavy atom. The molecule has 0 bridgehead atoms. The van der Waals surface area contributed by atoms with Crippen LogP contribution in [0.2, 0.25) is 0 Å². The molecule has 0 amide bonds. The highest BCUT2D eigenvalue weighted by Crippen LogP contribution is 2.35. The molecule has 9 heteroatoms. The van der Waals surface area contributed by atoms with Crippen molar-refractivity contribution in [2.75, 3.05) is 6.61 Å². The fourth-order valence-electron chi connectivity index (χ4n) is 4.22. The van der Waals surface area contributed by atoms with E-state index >= 15 is 0 Å². The molecule has 6 nitrogen and oxygen atoms in total. The summed E-state index contributed by atoms with van der Waals surface area (Å²) in [5.41, 5.74) is 3.16. The zero-order valence-electron chi connectivity index (χ0n) is 22.4. The summed E-state index contributed by atoms with van der Waals surface area (Å²) >= 11 is 10.6. The first kappa shape index (κ1) is 30.2. The van der Waals surface area contributed by atoms with E-state index in [0.29, 0.717) is 54.3 Å². The molecule has 0 aliphatic carbocycles. The Balaban J connectivity index is 1.74. The van der Waals surface area contributed by atoms with E-state index in [-0.39, 0.29) is 5.56 Å². The van der Waals surface area contributed by atoms with Crippen LogP contribution in [0.25, 0.3) is 10.9 Å². The van der Waals surface area contributed by atoms with E-state index < -0.39 is 0 Å². The molecular weight excluding hydrogens is 702 g/mol. The molecule has 0 radical (unpaired) electrons. The van der Waals surface area contributed by atoms with Crippen molar-refractivity contribution in [2.24, 2.45) is 5.10 Å². The number of rotatable bonds is 12. The lowest BCUT2D eigenvalue weighted by atomic mass is 10.1. The first-order chi connectivity index (χ1) is 19.3. The van der Waals surface area contributed by atoms with Gasteiger partial charge in [-0.25, -0.2) is 4.98 Å². The van der Waals surface area contributed by atoms with E-state index in [1.807, 2.05) is 55.5 Å². The number of hydrogen-bond donors (Lipinski definition) is 0. The molecule has 1 aromatic heterocycles. The second-order valence-electron chi connectivity index (χ2n) is 9.11. The molecule has 0 saturated heterocycles. The summed E-state index contributed by atoms with van der Waals surface area (Å²) in [4.78, 5) is 18.2. The third-order valence-electron chi connectivity index (χ3n) is 6.16. The van der Waals surface area contributed by atoms with E-state index in [1.54, 1.807) is 12.3 Å². The smallest absolute Gasteiger partial charge is 0.282 e. The van der Waals surface area contributed by atoms with Crippen LogP contribution < -0.4 is 15.0 Å². The van der Waals surface area contributed by atoms with Crippen molar-refractivity contribution < 1.29 is 9.47 Å². The molecule has 1 heterocycles. The topological polar surface area (TPSA) is 65.7 Å². The fraction of sp³-hybridized carbons (Fsp3) is 0.258. The van der Waals surface area contributed by atoms with E-state index in [2.05, 4.69) is 66.4 Å². The van der Waals surface area contributed by atoms with Crippen LogP contribution in [-0.2, 0) is 19.4 Å². The number of halogens is 3. The fourth-order valence-corrected chi connectivity index (χ4v) is 5.74. The molecule has 0 spiro atoms. The van der Waals surface area contributed by atoms with Gasteiger partial charge >= 0.3 is 0 Å². The maximum atomic E-state index is 13.5. The van der Waals surface area contributed by atoms with Crippen molar-refractivity contribution in [1.29, 1.82) is 0 Å². The Kier molecular flexibility index (Phi) is 10.8. The van der Waals surface area contributed by atoms with Gasteiger partial charge in [-0.05, 0) is 67.8 Å². The van der Waals surface area contributed by atoms with Crippen LogP contribution in [0.15, 0.2) is 84.5 Å². The van der Waals surface area contributed by atoms with E-state index in [1.165, 1.54) is 4.68 Å². The summed E-state index contributed by atoms with van der Waals surface area (Å²) in [6.45, 7) is 8.80. The summed E-state index contributed by atoms with van der Waals surface area (Å²) in [5, 5.41) is 5.13. The first-order valence-electron chi connectivity index (χ1n) is 13.1. The quantitative estimate of drug-likeness (QED) is 0.108. The number of ether oxygens (including phenoxy) is 2. The lowest BCUT2D eigenvalue weighted by molar-refractivity contribution is 0.266. The van der Waals surface area contributed by atoms with Gasteiger partial charge in [0.2, 0.25) is 0 Å². The maximum absolute atomic E-state index is 13.5. The van der Waals surface area contributed by atoms with Crippen molar-refractivity contribution in [2.45, 2.75) is 46.1 Å². The van der Waals surface area contributed by atoms with Crippen molar-refractivity contribution in [1.82, 2.24) is 9.66 Å². The minimum atomic E-state index is -0.204. The Bertz CT molecular complexity index is 1620. The first-order valence-corrected chi connectivity index (χ1v) is 15.4. The van der Waals surface area contributed by atoms with Gasteiger partial charge in [-0.1, -0.05) is 73.3 Å². The Hall–Kier alpha value is -2.75. The third-order valence-corrected chi connectivity index (χ3v) is 7.88. The maximum Gasteiger partial charge on any atom is 0.282 e. The van der Waals surface area contributed by atoms with Gasteiger partial charge in [-0.15, -0.1) is 6.58 Å². The van der Waals surface area contributed by atoms with Gasteiger partial charge in [0.25, 0.3) is 5.56 Å². The van der Waals surface area contributed by atoms with Gasteiger partial charge in [0.15, 0.2) is 11.5 Å². The Labute approximate surface area is 259 Å². The molecule has 0 N–H and O–H groups in total. The summed E-state index contributed by atoms with van der Waals surface area (Å²) < 4.78 is 16.5. The zero-order valence-corrected chi connectivity index (χ0v) is 27.2. The van der Waals surface area contributed by atoms with Crippen molar-refractivity contribution in [3.63, 3.8) is 0 Å². The predicted molar refractivity (Wildman–Crippen MR) is 173 cm³/mol. The van der Waals surface area contributed by atoms with Gasteiger partial charge in [0, 0.05) is 31.0 Å². The van der Waals surface area contributed by atoms with Crippen LogP contribution in [0.5, 0.6) is 11.5 Å². The summed E-state index contributed by atoms with van der Waals surface area (Å²) in [7, 11) is 0. The van der Waals surface area contributed by atoms with Crippen molar-refractivity contribution in [3.05, 3.63) is 107 Å². The van der Waals surface area contributed by atoms with Crippen LogP contribution in [-0.4, -0.2) is 22.5 Å². The van der Waals surface area contributed by atoms with Crippen LogP contribution in [0.1, 0.15) is 49.2 Å². The number of hydrogen-bond acceptors (Lipinski definition) is 5. The standard InChI is InChI=1S/C31H30Br3N3O3/c1-4-7-9-29-36-27-13-12-23(32)16-25(27)31(38)37(29)35-18-20-14-21(8-5-2)30(28(15-20)39-6-3)40-19-22-10-11-24(33)17-26(22)34/h5,10-18H,2,4,6-9,19H2,1,3H3. The molecule has 0 atom stereocenters. The molecule has 4 aromatic rings. The molecule has 4 rings (SSSR count). The van der Waals surface area contributed by atoms with Crippen LogP contribution in [0, 0.1) is 0 Å². The minimum absolute atomic E-state index is 0.204.